The van der Waals surface area contributed by atoms with Gasteiger partial charge in [-0.3, -0.25) is 19.7 Å². The summed E-state index contributed by atoms with van der Waals surface area (Å²) < 4.78 is 0. The number of nitro benzene ring substituents is 1. The summed E-state index contributed by atoms with van der Waals surface area (Å²) in [5.41, 5.74) is 0.647. The maximum atomic E-state index is 13.2. The van der Waals surface area contributed by atoms with Gasteiger partial charge in [-0.1, -0.05) is 19.1 Å². The van der Waals surface area contributed by atoms with Crippen LogP contribution in [0.2, 0.25) is 0 Å². The second-order valence-corrected chi connectivity index (χ2v) is 6.66. The molecule has 2 atom stereocenters. The monoisotopic (exact) mass is 362 g/mol. The number of carbonyl (C=O) groups is 2. The van der Waals surface area contributed by atoms with Gasteiger partial charge in [-0.25, -0.2) is 0 Å². The first-order valence-corrected chi connectivity index (χ1v) is 8.84. The maximum Gasteiger partial charge on any atom is 0.269 e. The van der Waals surface area contributed by atoms with E-state index >= 15 is 0 Å². The van der Waals surface area contributed by atoms with Crippen molar-refractivity contribution in [1.82, 2.24) is 15.1 Å². The summed E-state index contributed by atoms with van der Waals surface area (Å²) in [5, 5.41) is 13.7. The fourth-order valence-corrected chi connectivity index (χ4v) is 3.11. The Hall–Kier alpha value is -2.48. The Labute approximate surface area is 153 Å². The van der Waals surface area contributed by atoms with Crippen LogP contribution >= 0.6 is 0 Å². The van der Waals surface area contributed by atoms with Crippen LogP contribution < -0.4 is 5.32 Å². The fourth-order valence-electron chi connectivity index (χ4n) is 3.11. The lowest BCUT2D eigenvalue weighted by atomic mass is 9.90. The van der Waals surface area contributed by atoms with Crippen LogP contribution in [0, 0.1) is 10.1 Å². The van der Waals surface area contributed by atoms with E-state index in [4.69, 9.17) is 0 Å². The summed E-state index contributed by atoms with van der Waals surface area (Å²) in [6.07, 6.45) is 0.333. The molecular weight excluding hydrogens is 336 g/mol. The van der Waals surface area contributed by atoms with Crippen molar-refractivity contribution in [1.29, 1.82) is 0 Å². The SMILES string of the molecule is CCC(=O)N[C@H](C)[C@@H](C(=O)N1CCN(C)CC1)c1ccc([N+](=O)[O-])cc1. The topological polar surface area (TPSA) is 95.8 Å². The van der Waals surface area contributed by atoms with E-state index in [2.05, 4.69) is 10.2 Å². The van der Waals surface area contributed by atoms with Gasteiger partial charge >= 0.3 is 0 Å². The zero-order chi connectivity index (χ0) is 19.3. The van der Waals surface area contributed by atoms with E-state index in [9.17, 15) is 19.7 Å². The van der Waals surface area contributed by atoms with Crippen LogP contribution in [0.15, 0.2) is 24.3 Å². The molecule has 0 unspecified atom stereocenters. The van der Waals surface area contributed by atoms with Gasteiger partial charge in [0.1, 0.15) is 0 Å². The minimum absolute atomic E-state index is 0.0233. The van der Waals surface area contributed by atoms with E-state index in [-0.39, 0.29) is 17.5 Å². The van der Waals surface area contributed by atoms with Gasteiger partial charge < -0.3 is 15.1 Å². The average molecular weight is 362 g/mol. The lowest BCUT2D eigenvalue weighted by Gasteiger charge is -2.36. The number of rotatable bonds is 6. The highest BCUT2D eigenvalue weighted by Gasteiger charge is 2.33. The van der Waals surface area contributed by atoms with Gasteiger partial charge in [0.25, 0.3) is 5.69 Å². The van der Waals surface area contributed by atoms with Crippen molar-refractivity contribution in [2.24, 2.45) is 0 Å². The van der Waals surface area contributed by atoms with Crippen LogP contribution in [-0.4, -0.2) is 65.8 Å². The van der Waals surface area contributed by atoms with Gasteiger partial charge in [-0.15, -0.1) is 0 Å². The first kappa shape index (κ1) is 19.8. The minimum Gasteiger partial charge on any atom is -0.353 e. The van der Waals surface area contributed by atoms with Gasteiger partial charge in [-0.05, 0) is 19.5 Å². The molecule has 0 aliphatic carbocycles. The highest BCUT2D eigenvalue weighted by atomic mass is 16.6. The van der Waals surface area contributed by atoms with E-state index in [1.54, 1.807) is 30.9 Å². The summed E-state index contributed by atoms with van der Waals surface area (Å²) in [6.45, 7) is 6.42. The molecule has 8 heteroatoms. The second kappa shape index (κ2) is 8.75. The smallest absolute Gasteiger partial charge is 0.269 e. The van der Waals surface area contributed by atoms with Crippen LogP contribution in [0.4, 0.5) is 5.69 Å². The summed E-state index contributed by atoms with van der Waals surface area (Å²) in [7, 11) is 2.01. The Morgan fingerprint density at radius 1 is 1.19 bits per heavy atom. The van der Waals surface area contributed by atoms with Gasteiger partial charge in [0.2, 0.25) is 11.8 Å². The van der Waals surface area contributed by atoms with Gasteiger partial charge in [0, 0.05) is 50.8 Å². The largest absolute Gasteiger partial charge is 0.353 e. The Bertz CT molecular complexity index is 654. The number of hydrogen-bond acceptors (Lipinski definition) is 5. The molecule has 1 aromatic rings. The number of non-ortho nitro benzene ring substituents is 1. The Morgan fingerprint density at radius 2 is 1.77 bits per heavy atom. The van der Waals surface area contributed by atoms with Crippen molar-refractivity contribution in [3.05, 3.63) is 39.9 Å². The van der Waals surface area contributed by atoms with E-state index in [0.717, 1.165) is 13.1 Å². The quantitative estimate of drug-likeness (QED) is 0.609. The predicted molar refractivity (Wildman–Crippen MR) is 97.8 cm³/mol. The first-order chi connectivity index (χ1) is 12.3. The molecule has 0 spiro atoms. The number of nitrogens with zero attached hydrogens (tertiary/aromatic N) is 3. The van der Waals surface area contributed by atoms with Crippen LogP contribution in [0.5, 0.6) is 0 Å². The zero-order valence-corrected chi connectivity index (χ0v) is 15.5. The van der Waals surface area contributed by atoms with Crippen LogP contribution in [-0.2, 0) is 9.59 Å². The molecule has 0 saturated carbocycles. The van der Waals surface area contributed by atoms with Crippen molar-refractivity contribution >= 4 is 17.5 Å². The van der Waals surface area contributed by atoms with Gasteiger partial charge in [0.05, 0.1) is 10.8 Å². The number of hydrogen-bond donors (Lipinski definition) is 1. The molecule has 2 rings (SSSR count). The molecule has 1 aromatic carbocycles. The molecule has 1 saturated heterocycles. The number of carbonyl (C=O) groups excluding carboxylic acids is 2. The molecular formula is C18H26N4O4. The Balaban J connectivity index is 2.27. The Morgan fingerprint density at radius 3 is 2.27 bits per heavy atom. The molecule has 1 N–H and O–H groups in total. The van der Waals surface area contributed by atoms with Crippen LogP contribution in [0.3, 0.4) is 0 Å². The number of benzene rings is 1. The third-order valence-corrected chi connectivity index (χ3v) is 4.75. The third kappa shape index (κ3) is 4.78. The molecule has 1 aliphatic heterocycles. The van der Waals surface area contributed by atoms with Crippen molar-refractivity contribution in [2.75, 3.05) is 33.2 Å². The first-order valence-electron chi connectivity index (χ1n) is 8.84. The van der Waals surface area contributed by atoms with Crippen LogP contribution in [0.25, 0.3) is 0 Å². The summed E-state index contributed by atoms with van der Waals surface area (Å²) >= 11 is 0. The molecule has 26 heavy (non-hydrogen) atoms. The lowest BCUT2D eigenvalue weighted by Crippen LogP contribution is -2.51. The summed E-state index contributed by atoms with van der Waals surface area (Å²) in [6, 6.07) is 5.59. The second-order valence-electron chi connectivity index (χ2n) is 6.66. The number of amides is 2. The summed E-state index contributed by atoms with van der Waals surface area (Å²) in [4.78, 5) is 39.3. The highest BCUT2D eigenvalue weighted by Crippen LogP contribution is 2.25. The van der Waals surface area contributed by atoms with E-state index < -0.39 is 16.9 Å². The standard InChI is InChI=1S/C18H26N4O4/c1-4-16(23)19-13(2)17(14-5-7-15(8-6-14)22(25)26)18(24)21-11-9-20(3)10-12-21/h5-8,13,17H,4,9-12H2,1-3H3,(H,19,23)/t13-,17-/m1/s1. The summed E-state index contributed by atoms with van der Waals surface area (Å²) in [5.74, 6) is -0.763. The van der Waals surface area contributed by atoms with Crippen molar-refractivity contribution in [2.45, 2.75) is 32.2 Å². The number of nitrogens with one attached hydrogen (secondary N) is 1. The Kier molecular flexibility index (Phi) is 6.68. The molecule has 1 fully saturated rings. The number of nitro groups is 1. The normalized spacial score (nSPS) is 17.4. The third-order valence-electron chi connectivity index (χ3n) is 4.75. The molecule has 1 heterocycles. The molecule has 0 aromatic heterocycles. The number of likely N-dealkylation sites (N-methyl/N-ethyl adjacent to an activating group) is 1. The van der Waals surface area contributed by atoms with Crippen molar-refractivity contribution in [3.63, 3.8) is 0 Å². The highest BCUT2D eigenvalue weighted by molar-refractivity contribution is 5.86. The van der Waals surface area contributed by atoms with Crippen molar-refractivity contribution in [3.8, 4) is 0 Å². The van der Waals surface area contributed by atoms with Crippen LogP contribution in [0.1, 0.15) is 31.7 Å². The van der Waals surface area contributed by atoms with E-state index in [1.165, 1.54) is 12.1 Å². The van der Waals surface area contributed by atoms with E-state index in [0.29, 0.717) is 25.1 Å². The fraction of sp³-hybridized carbons (Fsp3) is 0.556. The molecule has 8 nitrogen and oxygen atoms in total. The molecule has 142 valence electrons. The molecule has 0 radical (unpaired) electrons. The van der Waals surface area contributed by atoms with E-state index in [1.807, 2.05) is 7.05 Å². The maximum absolute atomic E-state index is 13.2. The molecule has 2 amide bonds. The van der Waals surface area contributed by atoms with Gasteiger partial charge in [-0.2, -0.15) is 0 Å². The number of piperazine rings is 1. The molecule has 1 aliphatic rings. The zero-order valence-electron chi connectivity index (χ0n) is 15.5. The average Bonchev–Trinajstić information content (AvgIpc) is 2.62. The lowest BCUT2D eigenvalue weighted by molar-refractivity contribution is -0.384. The van der Waals surface area contributed by atoms with Gasteiger partial charge in [0.15, 0.2) is 0 Å². The molecule has 0 bridgehead atoms. The van der Waals surface area contributed by atoms with Crippen molar-refractivity contribution < 1.29 is 14.5 Å². The minimum atomic E-state index is -0.574. The predicted octanol–water partition coefficient (Wildman–Crippen LogP) is 1.37.